The van der Waals surface area contributed by atoms with Gasteiger partial charge in [0.25, 0.3) is 0 Å². The molecule has 6 saturated carbocycles. The third kappa shape index (κ3) is 4.71. The number of aliphatic hydroxyl groups excluding tert-OH is 1. The first-order valence-corrected chi connectivity index (χ1v) is 19.1. The van der Waals surface area contributed by atoms with Crippen LogP contribution in [0.5, 0.6) is 0 Å². The maximum atomic E-state index is 12.9. The minimum atomic E-state index is -0.855. The van der Waals surface area contributed by atoms with E-state index in [0.717, 1.165) is 25.7 Å². The molecule has 2 aliphatic heterocycles. The second kappa shape index (κ2) is 11.1. The van der Waals surface area contributed by atoms with Gasteiger partial charge in [-0.3, -0.25) is 9.59 Å². The van der Waals surface area contributed by atoms with Gasteiger partial charge in [0.15, 0.2) is 6.29 Å². The Morgan fingerprint density at radius 2 is 1.74 bits per heavy atom. The molecule has 8 rings (SSSR count). The Morgan fingerprint density at radius 1 is 1.00 bits per heavy atom. The number of nitrogens with one attached hydrogen (secondary N) is 1. The summed E-state index contributed by atoms with van der Waals surface area (Å²) in [5.74, 6) is 1.79. The number of carbonyl (C=O) groups excluding carboxylic acids is 1. The van der Waals surface area contributed by atoms with E-state index in [1.54, 1.807) is 0 Å². The first kappa shape index (κ1) is 32.9. The van der Waals surface area contributed by atoms with E-state index in [2.05, 4.69) is 39.9 Å². The zero-order valence-corrected chi connectivity index (χ0v) is 29.5. The quantitative estimate of drug-likeness (QED) is 0.340. The van der Waals surface area contributed by atoms with Gasteiger partial charge in [0.05, 0.1) is 44.1 Å². The molecule has 0 radical (unpaired) electrons. The van der Waals surface area contributed by atoms with Crippen LogP contribution in [0.3, 0.4) is 0 Å². The monoisotopic (exact) mass is 656 g/mol. The van der Waals surface area contributed by atoms with Crippen molar-refractivity contribution in [2.45, 2.75) is 136 Å². The van der Waals surface area contributed by atoms with Crippen LogP contribution in [0, 0.1) is 56.7 Å². The van der Waals surface area contributed by atoms with Crippen LogP contribution in [-0.4, -0.2) is 90.5 Å². The summed E-state index contributed by atoms with van der Waals surface area (Å²) in [4.78, 5) is 26.0. The van der Waals surface area contributed by atoms with Crippen molar-refractivity contribution in [3.63, 3.8) is 0 Å². The van der Waals surface area contributed by atoms with Crippen molar-refractivity contribution in [1.29, 1.82) is 0 Å². The number of carboxylic acid groups (broad SMARTS) is 1. The number of fused-ring (bicyclic) bond motifs is 4. The van der Waals surface area contributed by atoms with E-state index in [1.807, 2.05) is 4.90 Å². The van der Waals surface area contributed by atoms with Gasteiger partial charge >= 0.3 is 5.97 Å². The largest absolute Gasteiger partial charge is 0.480 e. The summed E-state index contributed by atoms with van der Waals surface area (Å²) >= 11 is 0. The Labute approximate surface area is 281 Å². The molecule has 9 heteroatoms. The molecule has 2 heterocycles. The molecule has 0 bridgehead atoms. The summed E-state index contributed by atoms with van der Waals surface area (Å²) in [5.41, 5.74) is 0.399. The van der Waals surface area contributed by atoms with Crippen molar-refractivity contribution in [3.8, 4) is 0 Å². The van der Waals surface area contributed by atoms with Crippen LogP contribution in [0.1, 0.15) is 105 Å². The summed E-state index contributed by atoms with van der Waals surface area (Å²) in [6.45, 7) is 14.4. The van der Waals surface area contributed by atoms with Crippen molar-refractivity contribution >= 4 is 11.9 Å². The number of hydrogen-bond donors (Lipinski definition) is 3. The third-order valence-corrected chi connectivity index (χ3v) is 16.3. The molecule has 3 N–H and O–H groups in total. The first-order chi connectivity index (χ1) is 22.3. The third-order valence-electron chi connectivity index (χ3n) is 16.3. The Hall–Kier alpha value is -1.26. The average molecular weight is 657 g/mol. The van der Waals surface area contributed by atoms with E-state index >= 15 is 0 Å². The number of carbonyl (C=O) groups is 2. The Bertz CT molecular complexity index is 1270. The van der Waals surface area contributed by atoms with Crippen LogP contribution in [0.25, 0.3) is 0 Å². The highest BCUT2D eigenvalue weighted by Crippen LogP contribution is 2.89. The van der Waals surface area contributed by atoms with Gasteiger partial charge in [0.1, 0.15) is 0 Å². The van der Waals surface area contributed by atoms with Gasteiger partial charge in [0.2, 0.25) is 5.91 Å². The molecular weight excluding hydrogens is 596 g/mol. The van der Waals surface area contributed by atoms with Crippen LogP contribution in [0.2, 0.25) is 0 Å². The van der Waals surface area contributed by atoms with Crippen LogP contribution >= 0.6 is 0 Å². The van der Waals surface area contributed by atoms with Crippen molar-refractivity contribution in [2.75, 3.05) is 32.8 Å². The molecule has 13 atom stereocenters. The van der Waals surface area contributed by atoms with Gasteiger partial charge in [0, 0.05) is 24.9 Å². The number of amides is 1. The predicted molar refractivity (Wildman–Crippen MR) is 175 cm³/mol. The molecule has 2 saturated heterocycles. The Kier molecular flexibility index (Phi) is 7.79. The fraction of sp³-hybridized carbons (Fsp3) is 0.947. The molecule has 2 spiro atoms. The highest BCUT2D eigenvalue weighted by atomic mass is 16.7. The predicted octanol–water partition coefficient (Wildman–Crippen LogP) is 4.84. The van der Waals surface area contributed by atoms with E-state index in [-0.39, 0.29) is 58.7 Å². The van der Waals surface area contributed by atoms with E-state index in [0.29, 0.717) is 67.7 Å². The minimum absolute atomic E-state index is 0.00805. The van der Waals surface area contributed by atoms with E-state index in [9.17, 15) is 14.7 Å². The number of carboxylic acids is 1. The molecule has 0 aromatic rings. The lowest BCUT2D eigenvalue weighted by molar-refractivity contribution is -0.248. The zero-order chi connectivity index (χ0) is 33.1. The number of ether oxygens (including phenoxy) is 3. The maximum Gasteiger partial charge on any atom is 0.317 e. The van der Waals surface area contributed by atoms with Crippen LogP contribution in [0.15, 0.2) is 0 Å². The molecule has 0 aromatic heterocycles. The lowest BCUT2D eigenvalue weighted by Gasteiger charge is -2.64. The highest BCUT2D eigenvalue weighted by molar-refractivity contribution is 5.76. The van der Waals surface area contributed by atoms with Crippen molar-refractivity contribution < 1.29 is 34.0 Å². The molecule has 6 aliphatic carbocycles. The number of morpholine rings is 1. The summed E-state index contributed by atoms with van der Waals surface area (Å²) in [6, 6.07) is 0. The Morgan fingerprint density at radius 3 is 2.49 bits per heavy atom. The number of nitrogens with zero attached hydrogens (tertiary/aromatic N) is 1. The fourth-order valence-electron chi connectivity index (χ4n) is 13.9. The lowest BCUT2D eigenvalue weighted by atomic mass is 9.41. The van der Waals surface area contributed by atoms with Crippen LogP contribution in [0.4, 0.5) is 0 Å². The highest BCUT2D eigenvalue weighted by Gasteiger charge is 2.84. The zero-order valence-electron chi connectivity index (χ0n) is 29.5. The average Bonchev–Trinajstić information content (AvgIpc) is 3.94. The van der Waals surface area contributed by atoms with Gasteiger partial charge in [-0.1, -0.05) is 34.6 Å². The van der Waals surface area contributed by atoms with Crippen molar-refractivity contribution in [2.24, 2.45) is 56.7 Å². The van der Waals surface area contributed by atoms with E-state index in [4.69, 9.17) is 19.3 Å². The van der Waals surface area contributed by atoms with Gasteiger partial charge < -0.3 is 34.6 Å². The first-order valence-electron chi connectivity index (χ1n) is 19.1. The maximum absolute atomic E-state index is 12.9. The number of aliphatic carboxylic acids is 1. The van der Waals surface area contributed by atoms with Gasteiger partial charge in [-0.2, -0.15) is 0 Å². The molecule has 4 unspecified atom stereocenters. The molecule has 47 heavy (non-hydrogen) atoms. The summed E-state index contributed by atoms with van der Waals surface area (Å²) in [5, 5.41) is 24.6. The molecule has 9 nitrogen and oxygen atoms in total. The number of hydrogen-bond acceptors (Lipinski definition) is 7. The smallest absolute Gasteiger partial charge is 0.317 e. The van der Waals surface area contributed by atoms with Gasteiger partial charge in [-0.25, -0.2) is 0 Å². The second-order valence-electron chi connectivity index (χ2n) is 18.6. The van der Waals surface area contributed by atoms with Crippen LogP contribution < -0.4 is 5.32 Å². The lowest BCUT2D eigenvalue weighted by Crippen LogP contribution is -2.60. The minimum Gasteiger partial charge on any atom is -0.480 e. The molecule has 8 aliphatic rings. The number of aliphatic hydroxyl groups is 1. The summed E-state index contributed by atoms with van der Waals surface area (Å²) in [6.07, 6.45) is 11.1. The molecule has 264 valence electrons. The molecular formula is C38H60N2O7. The van der Waals surface area contributed by atoms with Crippen molar-refractivity contribution in [3.05, 3.63) is 0 Å². The molecule has 1 amide bonds. The second-order valence-corrected chi connectivity index (χ2v) is 18.6. The SMILES string of the molecule is C[C@@H]1CC(CNCC(=O)O)OC2[C@H]1[C@@]1(C)CC[C@@]34C[C@@]35CCC(O[C@H]3CN(C(=O)CC6CC6)CCO3)C(C)(C)[C@@H]5CCC4[C@]1(C)[C@H]2O. The molecule has 0 aromatic carbocycles. The van der Waals surface area contributed by atoms with E-state index < -0.39 is 12.1 Å². The van der Waals surface area contributed by atoms with E-state index in [1.165, 1.54) is 38.5 Å². The summed E-state index contributed by atoms with van der Waals surface area (Å²) in [7, 11) is 0. The summed E-state index contributed by atoms with van der Waals surface area (Å²) < 4.78 is 19.7. The normalized spacial score (nSPS) is 51.2. The standard InChI is InChI=1S/C38H60N2O7/c1-22-16-24(18-39-19-29(42)43)46-32-31(22)35(4)12-13-38-21-37(38)11-10-27(34(2,3)25(37)8-9-26(38)36(35,5)33(32)44)47-30-20-40(14-15-45-30)28(41)17-23-6-7-23/h22-27,30-33,39,44H,6-21H2,1-5H3,(H,42,43)/t22-,24?,25+,26?,27?,30+,31+,32?,33+,35-,36-,37-,38+/m1/s1. The Balaban J connectivity index is 0.983. The van der Waals surface area contributed by atoms with Gasteiger partial charge in [-0.05, 0) is 115 Å². The number of rotatable bonds is 8. The topological polar surface area (TPSA) is 118 Å². The molecule has 8 fully saturated rings. The fourth-order valence-corrected chi connectivity index (χ4v) is 13.9. The van der Waals surface area contributed by atoms with Crippen molar-refractivity contribution in [1.82, 2.24) is 10.2 Å². The van der Waals surface area contributed by atoms with Crippen LogP contribution in [-0.2, 0) is 23.8 Å². The van der Waals surface area contributed by atoms with Gasteiger partial charge in [-0.15, -0.1) is 0 Å².